The second-order valence-electron chi connectivity index (χ2n) is 11.5. The van der Waals surface area contributed by atoms with E-state index in [-0.39, 0.29) is 17.5 Å². The van der Waals surface area contributed by atoms with Crippen LogP contribution in [-0.2, 0) is 4.79 Å². The van der Waals surface area contributed by atoms with E-state index in [1.54, 1.807) is 6.07 Å². The van der Waals surface area contributed by atoms with Crippen LogP contribution in [0.2, 0.25) is 10.0 Å². The Morgan fingerprint density at radius 1 is 1.24 bits per heavy atom. The van der Waals surface area contributed by atoms with Gasteiger partial charge in [-0.05, 0) is 76.1 Å². The largest absolute Gasteiger partial charge is 0.481 e. The summed E-state index contributed by atoms with van der Waals surface area (Å²) in [6.45, 7) is 9.21. The molecule has 6 rings (SSSR count). The monoisotopic (exact) mass is 556 g/mol. The standard InChI is InChI=1S/C28H34Cl2N6O2/c1-16-15-34(10-7-23(16)35-9-4-8-28(35)12-19(13-28)27(37)38)24-14-31-25-17(2)33-36(26(25)32-24)18(3)21-6-5-20(29)11-22(21)30/h5-6,11,14,16,18-19,23H,4,7-10,12-13,15H2,1-3H3,(H,37,38). The van der Waals surface area contributed by atoms with Crippen molar-refractivity contribution in [1.29, 1.82) is 0 Å². The second-order valence-corrected chi connectivity index (χ2v) is 12.4. The zero-order chi connectivity index (χ0) is 26.8. The Labute approximate surface area is 232 Å². The molecular formula is C28H34Cl2N6O2. The van der Waals surface area contributed by atoms with Gasteiger partial charge in [0, 0.05) is 34.7 Å². The molecular weight excluding hydrogens is 523 g/mol. The molecule has 1 aliphatic carbocycles. The van der Waals surface area contributed by atoms with Crippen LogP contribution in [0.4, 0.5) is 5.82 Å². The molecule has 0 amide bonds. The normalized spacial score (nSPS) is 28.7. The van der Waals surface area contributed by atoms with E-state index in [2.05, 4.69) is 23.6 Å². The van der Waals surface area contributed by atoms with E-state index in [9.17, 15) is 9.90 Å². The van der Waals surface area contributed by atoms with Crippen molar-refractivity contribution in [3.05, 3.63) is 45.7 Å². The molecule has 0 radical (unpaired) electrons. The molecule has 10 heteroatoms. The van der Waals surface area contributed by atoms with Gasteiger partial charge >= 0.3 is 5.97 Å². The van der Waals surface area contributed by atoms with Crippen LogP contribution >= 0.6 is 23.2 Å². The second kappa shape index (κ2) is 9.65. The molecule has 3 atom stereocenters. The van der Waals surface area contributed by atoms with Crippen molar-refractivity contribution in [2.45, 2.75) is 70.5 Å². The molecule has 0 bridgehead atoms. The van der Waals surface area contributed by atoms with Gasteiger partial charge in [0.2, 0.25) is 0 Å². The minimum absolute atomic E-state index is 0.103. The van der Waals surface area contributed by atoms with Crippen molar-refractivity contribution in [1.82, 2.24) is 24.6 Å². The topological polar surface area (TPSA) is 87.4 Å². The number of rotatable bonds is 5. The highest BCUT2D eigenvalue weighted by Crippen LogP contribution is 2.51. The summed E-state index contributed by atoms with van der Waals surface area (Å²) in [7, 11) is 0. The molecule has 3 aliphatic rings. The first-order valence-electron chi connectivity index (χ1n) is 13.6. The number of nitrogens with zero attached hydrogens (tertiary/aromatic N) is 6. The maximum atomic E-state index is 11.5. The number of carboxylic acid groups (broad SMARTS) is 1. The van der Waals surface area contributed by atoms with Crippen LogP contribution in [0.15, 0.2) is 24.4 Å². The number of hydrogen-bond acceptors (Lipinski definition) is 6. The Morgan fingerprint density at radius 2 is 2.03 bits per heavy atom. The average molecular weight is 558 g/mol. The Hall–Kier alpha value is -2.42. The first-order valence-corrected chi connectivity index (χ1v) is 14.3. The minimum Gasteiger partial charge on any atom is -0.481 e. The van der Waals surface area contributed by atoms with Gasteiger partial charge in [-0.3, -0.25) is 9.69 Å². The molecule has 2 aromatic heterocycles. The molecule has 2 saturated heterocycles. The Balaban J connectivity index is 1.22. The highest BCUT2D eigenvalue weighted by molar-refractivity contribution is 6.35. The summed E-state index contributed by atoms with van der Waals surface area (Å²) in [6, 6.07) is 5.88. The Morgan fingerprint density at radius 3 is 2.74 bits per heavy atom. The molecule has 3 fully saturated rings. The average Bonchev–Trinajstić information content (AvgIpc) is 3.44. The van der Waals surface area contributed by atoms with Gasteiger partial charge in [0.25, 0.3) is 0 Å². The maximum Gasteiger partial charge on any atom is 0.306 e. The van der Waals surface area contributed by atoms with E-state index in [1.165, 1.54) is 6.42 Å². The lowest BCUT2D eigenvalue weighted by Crippen LogP contribution is -2.62. The number of aryl methyl sites for hydroxylation is 1. The number of benzene rings is 1. The first kappa shape index (κ1) is 25.8. The number of fused-ring (bicyclic) bond motifs is 1. The van der Waals surface area contributed by atoms with Crippen molar-refractivity contribution >= 4 is 46.2 Å². The number of carboxylic acids is 1. The third-order valence-corrected chi connectivity index (χ3v) is 9.74. The summed E-state index contributed by atoms with van der Waals surface area (Å²) in [5.41, 5.74) is 3.42. The zero-order valence-corrected chi connectivity index (χ0v) is 23.6. The van der Waals surface area contributed by atoms with E-state index < -0.39 is 5.97 Å². The SMILES string of the molecule is Cc1nn(C(C)c2ccc(Cl)cc2Cl)c2nc(N3CCC(N4CCCC45CC(C(=O)O)C5)C(C)C3)cnc12. The lowest BCUT2D eigenvalue weighted by atomic mass is 9.66. The number of carbonyl (C=O) groups is 1. The number of anilines is 1. The van der Waals surface area contributed by atoms with E-state index in [4.69, 9.17) is 38.3 Å². The molecule has 8 nitrogen and oxygen atoms in total. The van der Waals surface area contributed by atoms with Gasteiger partial charge in [-0.15, -0.1) is 0 Å². The van der Waals surface area contributed by atoms with Crippen LogP contribution in [0, 0.1) is 18.8 Å². The maximum absolute atomic E-state index is 11.5. The quantitative estimate of drug-likeness (QED) is 0.437. The van der Waals surface area contributed by atoms with Gasteiger partial charge in [-0.25, -0.2) is 14.6 Å². The third kappa shape index (κ3) is 4.25. The summed E-state index contributed by atoms with van der Waals surface area (Å²) in [5.74, 6) is 0.496. The molecule has 1 aromatic carbocycles. The van der Waals surface area contributed by atoms with Gasteiger partial charge in [0.05, 0.1) is 23.9 Å². The van der Waals surface area contributed by atoms with Crippen LogP contribution in [0.1, 0.15) is 63.3 Å². The molecule has 4 heterocycles. The molecule has 38 heavy (non-hydrogen) atoms. The number of hydrogen-bond donors (Lipinski definition) is 1. The van der Waals surface area contributed by atoms with Crippen molar-refractivity contribution in [2.24, 2.45) is 11.8 Å². The summed E-state index contributed by atoms with van der Waals surface area (Å²) < 4.78 is 1.91. The summed E-state index contributed by atoms with van der Waals surface area (Å²) in [6.07, 6.45) is 6.81. The fourth-order valence-electron chi connectivity index (χ4n) is 7.19. The minimum atomic E-state index is -0.638. The van der Waals surface area contributed by atoms with Gasteiger partial charge in [0.15, 0.2) is 5.65 Å². The number of likely N-dealkylation sites (tertiary alicyclic amines) is 1. The molecule has 1 saturated carbocycles. The number of aromatic nitrogens is 4. The van der Waals surface area contributed by atoms with Crippen LogP contribution < -0.4 is 4.90 Å². The molecule has 202 valence electrons. The van der Waals surface area contributed by atoms with Crippen LogP contribution in [0.25, 0.3) is 11.2 Å². The smallest absolute Gasteiger partial charge is 0.306 e. The van der Waals surface area contributed by atoms with E-state index in [1.807, 2.05) is 29.9 Å². The van der Waals surface area contributed by atoms with Crippen molar-refractivity contribution < 1.29 is 9.90 Å². The summed E-state index contributed by atoms with van der Waals surface area (Å²) in [5, 5.41) is 15.4. The van der Waals surface area contributed by atoms with Gasteiger partial charge in [-0.1, -0.05) is 36.2 Å². The number of halogens is 2. The Kier molecular flexibility index (Phi) is 6.56. The highest BCUT2D eigenvalue weighted by Gasteiger charge is 2.55. The molecule has 3 unspecified atom stereocenters. The summed E-state index contributed by atoms with van der Waals surface area (Å²) >= 11 is 12.6. The Bertz CT molecular complexity index is 1390. The molecule has 2 aliphatic heterocycles. The van der Waals surface area contributed by atoms with Crippen LogP contribution in [0.5, 0.6) is 0 Å². The van der Waals surface area contributed by atoms with Crippen molar-refractivity contribution in [2.75, 3.05) is 24.5 Å². The molecule has 1 N–H and O–H groups in total. The fraction of sp³-hybridized carbons (Fsp3) is 0.571. The predicted molar refractivity (Wildman–Crippen MR) is 149 cm³/mol. The fourth-order valence-corrected chi connectivity index (χ4v) is 7.75. The number of piperidine rings is 1. The van der Waals surface area contributed by atoms with E-state index in [0.29, 0.717) is 22.0 Å². The first-order chi connectivity index (χ1) is 18.2. The van der Waals surface area contributed by atoms with Gasteiger partial charge in [-0.2, -0.15) is 5.10 Å². The van der Waals surface area contributed by atoms with E-state index >= 15 is 0 Å². The third-order valence-electron chi connectivity index (χ3n) is 9.17. The lowest BCUT2D eigenvalue weighted by molar-refractivity contribution is -0.152. The van der Waals surface area contributed by atoms with Gasteiger partial charge < -0.3 is 10.0 Å². The molecule has 3 aromatic rings. The zero-order valence-electron chi connectivity index (χ0n) is 22.1. The lowest BCUT2D eigenvalue weighted by Gasteiger charge is -2.54. The van der Waals surface area contributed by atoms with Crippen LogP contribution in [0.3, 0.4) is 0 Å². The molecule has 1 spiro atoms. The van der Waals surface area contributed by atoms with Crippen molar-refractivity contribution in [3.8, 4) is 0 Å². The predicted octanol–water partition coefficient (Wildman–Crippen LogP) is 5.59. The highest BCUT2D eigenvalue weighted by atomic mass is 35.5. The van der Waals surface area contributed by atoms with Gasteiger partial charge in [0.1, 0.15) is 11.3 Å². The summed E-state index contributed by atoms with van der Waals surface area (Å²) in [4.78, 5) is 26.3. The number of aliphatic carboxylic acids is 1. The van der Waals surface area contributed by atoms with Crippen molar-refractivity contribution in [3.63, 3.8) is 0 Å². The van der Waals surface area contributed by atoms with E-state index in [0.717, 1.165) is 73.6 Å². The van der Waals surface area contributed by atoms with Crippen LogP contribution in [-0.4, -0.2) is 66.9 Å².